The van der Waals surface area contributed by atoms with Gasteiger partial charge in [0.2, 0.25) is 0 Å². The Morgan fingerprint density at radius 3 is 1.68 bits per heavy atom. The van der Waals surface area contributed by atoms with Gasteiger partial charge in [0.25, 0.3) is 0 Å². The zero-order valence-electron chi connectivity index (χ0n) is 16.6. The number of hydrogen-bond donors (Lipinski definition) is 1. The molecule has 0 aliphatic heterocycles. The Morgan fingerprint density at radius 2 is 1.16 bits per heavy atom. The molecule has 2 unspecified atom stereocenters. The maximum Gasteiger partial charge on any atom is 0.173 e. The molecule has 3 fully saturated rings. The molecular formula is C21H40O4. The predicted molar refractivity (Wildman–Crippen MR) is 101 cm³/mol. The lowest BCUT2D eigenvalue weighted by molar-refractivity contribution is -0.352. The van der Waals surface area contributed by atoms with Gasteiger partial charge in [-0.05, 0) is 45.4 Å². The van der Waals surface area contributed by atoms with Crippen molar-refractivity contribution in [1.29, 1.82) is 0 Å². The summed E-state index contributed by atoms with van der Waals surface area (Å²) in [4.78, 5) is 0. The SMILES string of the molecule is CC1(OC2CCCCC2)CCCC(O)(OC2CCCCC2)C1(C)C.O. The first-order valence-corrected chi connectivity index (χ1v) is 10.4. The standard InChI is InChI=1S/C21H38O3.H2O/c1-19(2)20(3,23-17-11-6-4-7-12-17)15-10-16-21(19,22)24-18-13-8-5-9-14-18;/h17-18,22H,4-16H2,1-3H3;1H2. The normalized spacial score (nSPS) is 37.4. The van der Waals surface area contributed by atoms with Gasteiger partial charge in [0.1, 0.15) is 0 Å². The highest BCUT2D eigenvalue weighted by Crippen LogP contribution is 2.54. The number of rotatable bonds is 4. The van der Waals surface area contributed by atoms with Gasteiger partial charge in [0.15, 0.2) is 5.79 Å². The molecule has 3 aliphatic rings. The second-order valence-corrected chi connectivity index (χ2v) is 9.25. The Hall–Kier alpha value is -0.160. The van der Waals surface area contributed by atoms with E-state index in [1.807, 2.05) is 0 Å². The summed E-state index contributed by atoms with van der Waals surface area (Å²) in [5.74, 6) is -1.06. The van der Waals surface area contributed by atoms with E-state index in [9.17, 15) is 5.11 Å². The van der Waals surface area contributed by atoms with Gasteiger partial charge in [0.05, 0.1) is 17.8 Å². The molecule has 3 aliphatic carbocycles. The number of hydrogen-bond acceptors (Lipinski definition) is 3. The first-order chi connectivity index (χ1) is 11.4. The van der Waals surface area contributed by atoms with Crippen LogP contribution in [0.15, 0.2) is 0 Å². The molecule has 0 aromatic carbocycles. The zero-order valence-corrected chi connectivity index (χ0v) is 16.6. The summed E-state index contributed by atoms with van der Waals surface area (Å²) in [6.07, 6.45) is 15.5. The molecule has 4 heteroatoms. The summed E-state index contributed by atoms with van der Waals surface area (Å²) < 4.78 is 13.1. The fourth-order valence-electron chi connectivity index (χ4n) is 5.13. The van der Waals surface area contributed by atoms with Crippen LogP contribution in [-0.4, -0.2) is 34.2 Å². The fraction of sp³-hybridized carbons (Fsp3) is 1.00. The van der Waals surface area contributed by atoms with E-state index in [0.717, 1.165) is 32.1 Å². The van der Waals surface area contributed by atoms with Gasteiger partial charge in [-0.25, -0.2) is 0 Å². The molecular weight excluding hydrogens is 316 g/mol. The molecule has 0 saturated heterocycles. The van der Waals surface area contributed by atoms with Gasteiger partial charge in [-0.2, -0.15) is 0 Å². The van der Waals surface area contributed by atoms with E-state index in [1.54, 1.807) is 0 Å². The van der Waals surface area contributed by atoms with Crippen LogP contribution in [0.2, 0.25) is 0 Å². The second kappa shape index (κ2) is 8.24. The Morgan fingerprint density at radius 1 is 0.680 bits per heavy atom. The highest BCUT2D eigenvalue weighted by molar-refractivity contribution is 5.05. The van der Waals surface area contributed by atoms with Crippen LogP contribution in [0, 0.1) is 5.41 Å². The summed E-state index contributed by atoms with van der Waals surface area (Å²) in [6, 6.07) is 0. The van der Waals surface area contributed by atoms with Crippen molar-refractivity contribution >= 4 is 0 Å². The van der Waals surface area contributed by atoms with Gasteiger partial charge in [-0.1, -0.05) is 52.4 Å². The van der Waals surface area contributed by atoms with Gasteiger partial charge >= 0.3 is 0 Å². The van der Waals surface area contributed by atoms with Crippen molar-refractivity contribution < 1.29 is 20.1 Å². The Balaban J connectivity index is 0.00000225. The number of aliphatic hydroxyl groups is 1. The van der Waals surface area contributed by atoms with Crippen LogP contribution in [0.4, 0.5) is 0 Å². The maximum atomic E-state index is 11.5. The monoisotopic (exact) mass is 356 g/mol. The fourth-order valence-corrected chi connectivity index (χ4v) is 5.13. The lowest BCUT2D eigenvalue weighted by Gasteiger charge is -2.58. The van der Waals surface area contributed by atoms with Crippen LogP contribution in [0.25, 0.3) is 0 Å². The summed E-state index contributed by atoms with van der Waals surface area (Å²) in [5, 5.41) is 11.5. The van der Waals surface area contributed by atoms with Crippen LogP contribution in [-0.2, 0) is 9.47 Å². The van der Waals surface area contributed by atoms with Crippen LogP contribution in [0.3, 0.4) is 0 Å². The molecule has 148 valence electrons. The van der Waals surface area contributed by atoms with E-state index in [2.05, 4.69) is 20.8 Å². The van der Waals surface area contributed by atoms with Crippen LogP contribution < -0.4 is 0 Å². The summed E-state index contributed by atoms with van der Waals surface area (Å²) in [5.41, 5.74) is -0.705. The lowest BCUT2D eigenvalue weighted by atomic mass is 9.62. The van der Waals surface area contributed by atoms with Gasteiger partial charge in [-0.15, -0.1) is 0 Å². The van der Waals surface area contributed by atoms with Crippen molar-refractivity contribution in [3.05, 3.63) is 0 Å². The van der Waals surface area contributed by atoms with E-state index < -0.39 is 11.2 Å². The minimum atomic E-state index is -1.06. The minimum Gasteiger partial charge on any atom is -0.412 e. The van der Waals surface area contributed by atoms with Crippen LogP contribution >= 0.6 is 0 Å². The molecule has 0 aromatic heterocycles. The van der Waals surface area contributed by atoms with E-state index >= 15 is 0 Å². The first-order valence-electron chi connectivity index (χ1n) is 10.4. The highest BCUT2D eigenvalue weighted by atomic mass is 16.6. The highest BCUT2D eigenvalue weighted by Gasteiger charge is 2.60. The molecule has 2 atom stereocenters. The van der Waals surface area contributed by atoms with Crippen LogP contribution in [0.1, 0.15) is 104 Å². The van der Waals surface area contributed by atoms with E-state index in [4.69, 9.17) is 9.47 Å². The third-order valence-electron chi connectivity index (χ3n) is 7.36. The Labute approximate surface area is 154 Å². The van der Waals surface area contributed by atoms with Crippen molar-refractivity contribution in [3.63, 3.8) is 0 Å². The van der Waals surface area contributed by atoms with Crippen LogP contribution in [0.5, 0.6) is 0 Å². The predicted octanol–water partition coefficient (Wildman–Crippen LogP) is 4.52. The Kier molecular flexibility index (Phi) is 6.97. The molecule has 3 saturated carbocycles. The van der Waals surface area contributed by atoms with Crippen molar-refractivity contribution in [3.8, 4) is 0 Å². The summed E-state index contributed by atoms with van der Waals surface area (Å²) in [7, 11) is 0. The molecule has 25 heavy (non-hydrogen) atoms. The molecule has 0 amide bonds. The molecule has 4 nitrogen and oxygen atoms in total. The van der Waals surface area contributed by atoms with Crippen molar-refractivity contribution in [1.82, 2.24) is 0 Å². The third kappa shape index (κ3) is 4.23. The third-order valence-corrected chi connectivity index (χ3v) is 7.36. The molecule has 0 spiro atoms. The molecule has 0 radical (unpaired) electrons. The molecule has 3 N–H and O–H groups in total. The van der Waals surface area contributed by atoms with Gasteiger partial charge in [0, 0.05) is 11.8 Å². The molecule has 0 bridgehead atoms. The largest absolute Gasteiger partial charge is 0.412 e. The topological polar surface area (TPSA) is 70.2 Å². The molecule has 3 rings (SSSR count). The van der Waals surface area contributed by atoms with E-state index in [0.29, 0.717) is 6.10 Å². The summed E-state index contributed by atoms with van der Waals surface area (Å²) >= 11 is 0. The first kappa shape index (κ1) is 21.1. The minimum absolute atomic E-state index is 0. The molecule has 0 aromatic rings. The zero-order chi connectivity index (χ0) is 17.3. The molecule has 0 heterocycles. The van der Waals surface area contributed by atoms with Gasteiger partial charge in [-0.3, -0.25) is 0 Å². The average molecular weight is 357 g/mol. The second-order valence-electron chi connectivity index (χ2n) is 9.25. The number of ether oxygens (including phenoxy) is 2. The van der Waals surface area contributed by atoms with Crippen molar-refractivity contribution in [2.24, 2.45) is 5.41 Å². The van der Waals surface area contributed by atoms with E-state index in [1.165, 1.54) is 51.4 Å². The maximum absolute atomic E-state index is 11.5. The van der Waals surface area contributed by atoms with Gasteiger partial charge < -0.3 is 20.1 Å². The quantitative estimate of drug-likeness (QED) is 0.753. The smallest absolute Gasteiger partial charge is 0.173 e. The average Bonchev–Trinajstić information content (AvgIpc) is 2.55. The Bertz CT molecular complexity index is 376. The van der Waals surface area contributed by atoms with Crippen molar-refractivity contribution in [2.45, 2.75) is 128 Å². The van der Waals surface area contributed by atoms with Crippen molar-refractivity contribution in [2.75, 3.05) is 0 Å². The van der Waals surface area contributed by atoms with E-state index in [-0.39, 0.29) is 17.2 Å². The summed E-state index contributed by atoms with van der Waals surface area (Å²) in [6.45, 7) is 6.55. The lowest BCUT2D eigenvalue weighted by Crippen LogP contribution is -2.64.